The van der Waals surface area contributed by atoms with Crippen molar-refractivity contribution in [3.8, 4) is 6.07 Å². The van der Waals surface area contributed by atoms with Gasteiger partial charge in [0.1, 0.15) is 11.6 Å². The minimum absolute atomic E-state index is 0.130. The Morgan fingerprint density at radius 1 is 1.82 bits per heavy atom. The van der Waals surface area contributed by atoms with Gasteiger partial charge in [0, 0.05) is 10.2 Å². The lowest BCUT2D eigenvalue weighted by Crippen LogP contribution is -2.07. The summed E-state index contributed by atoms with van der Waals surface area (Å²) in [6, 6.07) is 1.78. The molecule has 0 unspecified atom stereocenters. The highest BCUT2D eigenvalue weighted by Crippen LogP contribution is 1.94. The smallest absolute Gasteiger partial charge is 0.348 e. The van der Waals surface area contributed by atoms with Gasteiger partial charge in [0.25, 0.3) is 0 Å². The fraction of sp³-hybridized carbons (Fsp3) is 0.429. The van der Waals surface area contributed by atoms with Crippen LogP contribution < -0.4 is 0 Å². The van der Waals surface area contributed by atoms with Crippen molar-refractivity contribution in [1.29, 1.82) is 5.26 Å². The lowest BCUT2D eigenvalue weighted by atomic mass is 10.3. The summed E-state index contributed by atoms with van der Waals surface area (Å²) in [5, 5.41) is 8.40. The third-order valence-electron chi connectivity index (χ3n) is 1.07. The lowest BCUT2D eigenvalue weighted by Gasteiger charge is -1.99. The first kappa shape index (κ1) is 9.92. The quantitative estimate of drug-likeness (QED) is 0.252. The van der Waals surface area contributed by atoms with Crippen molar-refractivity contribution in [3.05, 3.63) is 11.3 Å². The second kappa shape index (κ2) is 5.68. The van der Waals surface area contributed by atoms with Crippen molar-refractivity contribution in [2.75, 3.05) is 6.61 Å². The van der Waals surface area contributed by atoms with Crippen LogP contribution in [0.4, 0.5) is 0 Å². The van der Waals surface area contributed by atoms with Gasteiger partial charge < -0.3 is 4.74 Å². The molecule has 0 heterocycles. The standard InChI is InChI=1S/C7H11NO2Si/c1-2-3-10-7(9)6(4-8)5-11/h5H,2-3H2,1,11H3. The summed E-state index contributed by atoms with van der Waals surface area (Å²) in [6.07, 6.45) is 0.783. The zero-order valence-electron chi connectivity index (χ0n) is 6.76. The summed E-state index contributed by atoms with van der Waals surface area (Å²) in [5.74, 6) is -0.496. The van der Waals surface area contributed by atoms with Gasteiger partial charge in [0.2, 0.25) is 0 Å². The fourth-order valence-corrected chi connectivity index (χ4v) is 0.865. The molecule has 0 aliphatic heterocycles. The molecule has 0 spiro atoms. The maximum Gasteiger partial charge on any atom is 0.348 e. The van der Waals surface area contributed by atoms with Crippen LogP contribution >= 0.6 is 0 Å². The van der Waals surface area contributed by atoms with E-state index in [0.717, 1.165) is 6.42 Å². The van der Waals surface area contributed by atoms with Crippen molar-refractivity contribution >= 4 is 16.2 Å². The molecule has 60 valence electrons. The summed E-state index contributed by atoms with van der Waals surface area (Å²) in [5.41, 5.74) is 1.71. The molecular weight excluding hydrogens is 158 g/mol. The first-order chi connectivity index (χ1) is 5.26. The van der Waals surface area contributed by atoms with Crippen molar-refractivity contribution < 1.29 is 9.53 Å². The number of esters is 1. The van der Waals surface area contributed by atoms with Crippen LogP contribution in [-0.4, -0.2) is 22.8 Å². The third kappa shape index (κ3) is 3.58. The maximum atomic E-state index is 10.9. The summed E-state index contributed by atoms with van der Waals surface area (Å²) >= 11 is 0. The van der Waals surface area contributed by atoms with Crippen LogP contribution in [0.3, 0.4) is 0 Å². The maximum absolute atomic E-state index is 10.9. The Hall–Kier alpha value is -1.08. The van der Waals surface area contributed by atoms with E-state index in [1.807, 2.05) is 6.92 Å². The number of nitriles is 1. The molecule has 0 rings (SSSR count). The van der Waals surface area contributed by atoms with E-state index in [2.05, 4.69) is 0 Å². The van der Waals surface area contributed by atoms with E-state index >= 15 is 0 Å². The summed E-state index contributed by atoms with van der Waals surface area (Å²) in [4.78, 5) is 10.9. The van der Waals surface area contributed by atoms with Gasteiger partial charge in [-0.3, -0.25) is 0 Å². The first-order valence-electron chi connectivity index (χ1n) is 3.49. The van der Waals surface area contributed by atoms with Gasteiger partial charge in [0.15, 0.2) is 0 Å². The Bertz CT molecular complexity index is 205. The van der Waals surface area contributed by atoms with Gasteiger partial charge in [-0.05, 0) is 6.42 Å². The Labute approximate surface area is 69.1 Å². The van der Waals surface area contributed by atoms with Crippen LogP contribution in [0.15, 0.2) is 11.3 Å². The van der Waals surface area contributed by atoms with E-state index in [-0.39, 0.29) is 5.57 Å². The van der Waals surface area contributed by atoms with Crippen LogP contribution in [0.1, 0.15) is 13.3 Å². The lowest BCUT2D eigenvalue weighted by molar-refractivity contribution is -0.138. The highest BCUT2D eigenvalue weighted by Gasteiger charge is 2.06. The molecule has 0 aromatic rings. The van der Waals surface area contributed by atoms with Crippen LogP contribution in [-0.2, 0) is 9.53 Å². The zero-order chi connectivity index (χ0) is 8.69. The number of hydrogen-bond acceptors (Lipinski definition) is 3. The fourth-order valence-electron chi connectivity index (χ4n) is 0.501. The monoisotopic (exact) mass is 169 g/mol. The Morgan fingerprint density at radius 3 is 2.82 bits per heavy atom. The average molecular weight is 169 g/mol. The molecule has 0 fully saturated rings. The molecule has 0 amide bonds. The predicted octanol–water partition coefficient (Wildman–Crippen LogP) is -0.288. The average Bonchev–Trinajstić information content (AvgIpc) is 2.03. The predicted molar refractivity (Wildman–Crippen MR) is 44.9 cm³/mol. The van der Waals surface area contributed by atoms with Gasteiger partial charge in [-0.2, -0.15) is 5.26 Å². The van der Waals surface area contributed by atoms with Gasteiger partial charge in [-0.1, -0.05) is 12.6 Å². The SMILES string of the molecule is CCCOC(=O)C(C#N)=C[SiH3]. The molecule has 0 aliphatic carbocycles. The first-order valence-corrected chi connectivity index (χ1v) is 4.65. The van der Waals surface area contributed by atoms with E-state index in [1.54, 1.807) is 11.8 Å². The summed E-state index contributed by atoms with van der Waals surface area (Å²) < 4.78 is 4.73. The van der Waals surface area contributed by atoms with Crippen LogP contribution in [0.5, 0.6) is 0 Å². The second-order valence-electron chi connectivity index (χ2n) is 1.95. The van der Waals surface area contributed by atoms with Gasteiger partial charge >= 0.3 is 5.97 Å². The number of nitrogens with zero attached hydrogens (tertiary/aromatic N) is 1. The molecule has 0 aromatic heterocycles. The molecule has 0 N–H and O–H groups in total. The normalized spacial score (nSPS) is 10.7. The van der Waals surface area contributed by atoms with E-state index in [4.69, 9.17) is 10.00 Å². The van der Waals surface area contributed by atoms with E-state index in [0.29, 0.717) is 16.8 Å². The highest BCUT2D eigenvalue weighted by molar-refractivity contribution is 6.20. The molecule has 11 heavy (non-hydrogen) atoms. The number of rotatable bonds is 3. The second-order valence-corrected chi connectivity index (χ2v) is 2.53. The Balaban J connectivity index is 3.94. The van der Waals surface area contributed by atoms with Gasteiger partial charge in [-0.15, -0.1) is 0 Å². The number of carbonyl (C=O) groups excluding carboxylic acids is 1. The number of ether oxygens (including phenoxy) is 1. The van der Waals surface area contributed by atoms with Crippen molar-refractivity contribution in [2.45, 2.75) is 13.3 Å². The van der Waals surface area contributed by atoms with Crippen molar-refractivity contribution in [2.24, 2.45) is 0 Å². The minimum atomic E-state index is -0.496. The summed E-state index contributed by atoms with van der Waals surface area (Å²) in [7, 11) is 0.703. The molecule has 3 nitrogen and oxygen atoms in total. The van der Waals surface area contributed by atoms with Gasteiger partial charge in [-0.25, -0.2) is 4.79 Å². The molecule has 0 atom stereocenters. The van der Waals surface area contributed by atoms with Crippen LogP contribution in [0, 0.1) is 11.3 Å². The Kier molecular flexibility index (Phi) is 5.12. The highest BCUT2D eigenvalue weighted by atomic mass is 28.1. The van der Waals surface area contributed by atoms with Gasteiger partial charge in [0.05, 0.1) is 6.61 Å². The summed E-state index contributed by atoms with van der Waals surface area (Å²) in [6.45, 7) is 2.29. The zero-order valence-corrected chi connectivity index (χ0v) is 8.76. The van der Waals surface area contributed by atoms with E-state index in [1.165, 1.54) is 0 Å². The molecule has 0 saturated heterocycles. The topological polar surface area (TPSA) is 50.1 Å². The Morgan fingerprint density at radius 2 is 2.45 bits per heavy atom. The van der Waals surface area contributed by atoms with E-state index in [9.17, 15) is 4.79 Å². The largest absolute Gasteiger partial charge is 0.462 e. The van der Waals surface area contributed by atoms with Crippen LogP contribution in [0.25, 0.3) is 0 Å². The molecule has 0 aromatic carbocycles. The van der Waals surface area contributed by atoms with Crippen molar-refractivity contribution in [3.63, 3.8) is 0 Å². The molecule has 0 aliphatic rings. The van der Waals surface area contributed by atoms with E-state index < -0.39 is 5.97 Å². The minimum Gasteiger partial charge on any atom is -0.462 e. The van der Waals surface area contributed by atoms with Crippen molar-refractivity contribution in [1.82, 2.24) is 0 Å². The third-order valence-corrected chi connectivity index (χ3v) is 1.64. The molecule has 4 heteroatoms. The molecule has 0 radical (unpaired) electrons. The molecule has 0 bridgehead atoms. The number of carbonyl (C=O) groups is 1. The molecular formula is C7H11NO2Si. The molecule has 0 saturated carbocycles. The number of hydrogen-bond donors (Lipinski definition) is 0. The van der Waals surface area contributed by atoms with Crippen LogP contribution in [0.2, 0.25) is 0 Å².